The number of fused-ring (bicyclic) bond motifs is 1. The number of sulfone groups is 1. The standard InChI is InChI=1S/C16H22N2O2S/c1-21(19,20)14-11-7-10-13-15(14)18-16(17-13)12-8-5-3-2-4-6-9-12/h7,10-12H,2-6,8-9H2,1H3,(H,17,18). The van der Waals surface area contributed by atoms with Crippen LogP contribution in [0.15, 0.2) is 23.1 Å². The van der Waals surface area contributed by atoms with Crippen molar-refractivity contribution in [2.24, 2.45) is 0 Å². The molecule has 1 N–H and O–H groups in total. The molecule has 0 saturated heterocycles. The number of hydrogen-bond acceptors (Lipinski definition) is 3. The molecule has 4 nitrogen and oxygen atoms in total. The van der Waals surface area contributed by atoms with Crippen molar-refractivity contribution in [3.63, 3.8) is 0 Å². The SMILES string of the molecule is CS(=O)(=O)c1cccc2[nH]c(C3CCCCCCC3)nc12. The molecule has 0 bridgehead atoms. The largest absolute Gasteiger partial charge is 0.342 e. The van der Waals surface area contributed by atoms with Gasteiger partial charge in [0.1, 0.15) is 11.3 Å². The minimum atomic E-state index is -3.24. The fraction of sp³-hybridized carbons (Fsp3) is 0.562. The maximum Gasteiger partial charge on any atom is 0.177 e. The average Bonchev–Trinajstić information content (AvgIpc) is 2.80. The number of aromatic amines is 1. The molecule has 1 aromatic carbocycles. The zero-order valence-corrected chi connectivity index (χ0v) is 13.2. The summed E-state index contributed by atoms with van der Waals surface area (Å²) in [6.45, 7) is 0. The van der Waals surface area contributed by atoms with Gasteiger partial charge in [0.2, 0.25) is 0 Å². The van der Waals surface area contributed by atoms with Crippen molar-refractivity contribution in [3.05, 3.63) is 24.0 Å². The minimum absolute atomic E-state index is 0.327. The van der Waals surface area contributed by atoms with Gasteiger partial charge >= 0.3 is 0 Å². The highest BCUT2D eigenvalue weighted by Crippen LogP contribution is 2.31. The van der Waals surface area contributed by atoms with E-state index in [0.29, 0.717) is 16.3 Å². The summed E-state index contributed by atoms with van der Waals surface area (Å²) in [5.74, 6) is 1.40. The molecule has 1 fully saturated rings. The van der Waals surface area contributed by atoms with Crippen LogP contribution in [0.3, 0.4) is 0 Å². The van der Waals surface area contributed by atoms with E-state index >= 15 is 0 Å². The summed E-state index contributed by atoms with van der Waals surface area (Å²) in [6.07, 6.45) is 9.94. The fourth-order valence-electron chi connectivity index (χ4n) is 3.25. The van der Waals surface area contributed by atoms with Gasteiger partial charge in [0.15, 0.2) is 9.84 Å². The zero-order chi connectivity index (χ0) is 14.9. The smallest absolute Gasteiger partial charge is 0.177 e. The second-order valence-electron chi connectivity index (χ2n) is 6.09. The van der Waals surface area contributed by atoms with E-state index in [2.05, 4.69) is 9.97 Å². The lowest BCUT2D eigenvalue weighted by Crippen LogP contribution is -2.04. The van der Waals surface area contributed by atoms with Crippen LogP contribution < -0.4 is 0 Å². The Morgan fingerprint density at radius 2 is 1.76 bits per heavy atom. The van der Waals surface area contributed by atoms with E-state index in [1.165, 1.54) is 38.4 Å². The number of benzene rings is 1. The summed E-state index contributed by atoms with van der Waals surface area (Å²) in [7, 11) is -3.24. The van der Waals surface area contributed by atoms with Crippen LogP contribution in [0.5, 0.6) is 0 Å². The predicted molar refractivity (Wildman–Crippen MR) is 84.3 cm³/mol. The second-order valence-corrected chi connectivity index (χ2v) is 8.07. The number of imidazole rings is 1. The van der Waals surface area contributed by atoms with E-state index in [9.17, 15) is 8.42 Å². The van der Waals surface area contributed by atoms with Gasteiger partial charge in [0.05, 0.1) is 10.4 Å². The van der Waals surface area contributed by atoms with Gasteiger partial charge in [-0.2, -0.15) is 0 Å². The van der Waals surface area contributed by atoms with Gasteiger partial charge in [0, 0.05) is 12.2 Å². The Morgan fingerprint density at radius 1 is 1.10 bits per heavy atom. The van der Waals surface area contributed by atoms with Crippen LogP contribution in [0.2, 0.25) is 0 Å². The summed E-state index contributed by atoms with van der Waals surface area (Å²) in [4.78, 5) is 8.32. The summed E-state index contributed by atoms with van der Waals surface area (Å²) in [5, 5.41) is 0. The van der Waals surface area contributed by atoms with Gasteiger partial charge in [-0.3, -0.25) is 0 Å². The van der Waals surface area contributed by atoms with E-state index in [1.807, 2.05) is 6.07 Å². The Hall–Kier alpha value is -1.36. The highest BCUT2D eigenvalue weighted by Gasteiger charge is 2.20. The van der Waals surface area contributed by atoms with Gasteiger partial charge in [-0.15, -0.1) is 0 Å². The van der Waals surface area contributed by atoms with Crippen LogP contribution in [-0.2, 0) is 9.84 Å². The molecule has 1 aliphatic rings. The predicted octanol–water partition coefficient (Wildman–Crippen LogP) is 3.79. The molecule has 5 heteroatoms. The summed E-state index contributed by atoms with van der Waals surface area (Å²) < 4.78 is 23.8. The lowest BCUT2D eigenvalue weighted by molar-refractivity contribution is 0.445. The van der Waals surface area contributed by atoms with Crippen LogP contribution in [0.1, 0.15) is 56.7 Å². The van der Waals surface area contributed by atoms with Crippen molar-refractivity contribution in [2.45, 2.75) is 55.8 Å². The number of nitrogens with zero attached hydrogens (tertiary/aromatic N) is 1. The monoisotopic (exact) mass is 306 g/mol. The molecular formula is C16H22N2O2S. The Labute approximate surface area is 125 Å². The molecule has 0 atom stereocenters. The van der Waals surface area contributed by atoms with Crippen molar-refractivity contribution >= 4 is 20.9 Å². The Bertz CT molecular complexity index is 726. The van der Waals surface area contributed by atoms with E-state index in [0.717, 1.165) is 24.2 Å². The van der Waals surface area contributed by atoms with E-state index in [-0.39, 0.29) is 0 Å². The van der Waals surface area contributed by atoms with Crippen molar-refractivity contribution in [1.82, 2.24) is 9.97 Å². The molecule has 1 heterocycles. The highest BCUT2D eigenvalue weighted by atomic mass is 32.2. The van der Waals surface area contributed by atoms with Crippen LogP contribution in [0.25, 0.3) is 11.0 Å². The normalized spacial score (nSPS) is 18.5. The molecule has 0 amide bonds. The first-order chi connectivity index (χ1) is 10.1. The average molecular weight is 306 g/mol. The highest BCUT2D eigenvalue weighted by molar-refractivity contribution is 7.91. The van der Waals surface area contributed by atoms with Crippen LogP contribution in [0, 0.1) is 0 Å². The molecule has 3 rings (SSSR count). The molecule has 1 aromatic heterocycles. The maximum atomic E-state index is 11.9. The number of H-pyrrole nitrogens is 1. The van der Waals surface area contributed by atoms with E-state index < -0.39 is 9.84 Å². The molecule has 1 saturated carbocycles. The third kappa shape index (κ3) is 3.12. The number of aromatic nitrogens is 2. The molecule has 0 radical (unpaired) electrons. The fourth-order valence-corrected chi connectivity index (χ4v) is 4.08. The molecule has 0 unspecified atom stereocenters. The number of hydrogen-bond donors (Lipinski definition) is 1. The maximum absolute atomic E-state index is 11.9. The van der Waals surface area contributed by atoms with Gasteiger partial charge < -0.3 is 4.98 Å². The van der Waals surface area contributed by atoms with Gasteiger partial charge in [-0.1, -0.05) is 38.2 Å². The number of rotatable bonds is 2. The van der Waals surface area contributed by atoms with Crippen molar-refractivity contribution < 1.29 is 8.42 Å². The first-order valence-electron chi connectivity index (χ1n) is 7.74. The molecule has 1 aliphatic carbocycles. The van der Waals surface area contributed by atoms with E-state index in [4.69, 9.17) is 0 Å². The van der Waals surface area contributed by atoms with Gasteiger partial charge in [-0.25, -0.2) is 13.4 Å². The molecular weight excluding hydrogens is 284 g/mol. The third-order valence-electron chi connectivity index (χ3n) is 4.39. The zero-order valence-electron chi connectivity index (χ0n) is 12.4. The Kier molecular flexibility index (Phi) is 4.02. The van der Waals surface area contributed by atoms with Crippen molar-refractivity contribution in [2.75, 3.05) is 6.26 Å². The molecule has 2 aromatic rings. The summed E-state index contributed by atoms with van der Waals surface area (Å²) in [5.41, 5.74) is 1.42. The molecule has 0 spiro atoms. The molecule has 21 heavy (non-hydrogen) atoms. The Morgan fingerprint density at radius 3 is 2.43 bits per heavy atom. The van der Waals surface area contributed by atoms with Crippen molar-refractivity contribution in [1.29, 1.82) is 0 Å². The van der Waals surface area contributed by atoms with E-state index in [1.54, 1.807) is 12.1 Å². The van der Waals surface area contributed by atoms with Crippen LogP contribution in [-0.4, -0.2) is 24.6 Å². The summed E-state index contributed by atoms with van der Waals surface area (Å²) >= 11 is 0. The second kappa shape index (κ2) is 5.79. The molecule has 0 aliphatic heterocycles. The van der Waals surface area contributed by atoms with Gasteiger partial charge in [-0.05, 0) is 25.0 Å². The first kappa shape index (κ1) is 14.6. The van der Waals surface area contributed by atoms with Crippen LogP contribution >= 0.6 is 0 Å². The van der Waals surface area contributed by atoms with Crippen molar-refractivity contribution in [3.8, 4) is 0 Å². The number of nitrogens with one attached hydrogen (secondary N) is 1. The topological polar surface area (TPSA) is 62.8 Å². The van der Waals surface area contributed by atoms with Gasteiger partial charge in [0.25, 0.3) is 0 Å². The van der Waals surface area contributed by atoms with Crippen LogP contribution in [0.4, 0.5) is 0 Å². The minimum Gasteiger partial charge on any atom is -0.342 e. The quantitative estimate of drug-likeness (QED) is 0.918. The molecule has 114 valence electrons. The summed E-state index contributed by atoms with van der Waals surface area (Å²) in [6, 6.07) is 5.32. The third-order valence-corrected chi connectivity index (χ3v) is 5.51. The lowest BCUT2D eigenvalue weighted by atomic mass is 9.91. The number of para-hydroxylation sites is 1. The lowest BCUT2D eigenvalue weighted by Gasteiger charge is -2.17. The Balaban J connectivity index is 2.00. The first-order valence-corrected chi connectivity index (χ1v) is 9.63.